The van der Waals surface area contributed by atoms with Gasteiger partial charge in [0.25, 0.3) is 5.56 Å². The lowest BCUT2D eigenvalue weighted by Crippen LogP contribution is -2.42. The molecule has 0 spiro atoms. The zero-order chi connectivity index (χ0) is 15.4. The highest BCUT2D eigenvalue weighted by molar-refractivity contribution is 7.99. The van der Waals surface area contributed by atoms with Crippen LogP contribution in [0.15, 0.2) is 9.59 Å². The highest BCUT2D eigenvalue weighted by atomic mass is 32.2. The van der Waals surface area contributed by atoms with E-state index in [-0.39, 0.29) is 23.1 Å². The van der Waals surface area contributed by atoms with E-state index < -0.39 is 0 Å². The number of anilines is 2. The molecular weight excluding hydrogens is 288 g/mol. The Balaban J connectivity index is 2.37. The van der Waals surface area contributed by atoms with Crippen molar-refractivity contribution in [3.8, 4) is 0 Å². The molecule has 21 heavy (non-hydrogen) atoms. The molecule has 2 rings (SSSR count). The molecule has 1 atom stereocenters. The van der Waals surface area contributed by atoms with Gasteiger partial charge in [-0.15, -0.1) is 0 Å². The molecule has 3 N–H and O–H groups in total. The molecule has 1 unspecified atom stereocenters. The van der Waals surface area contributed by atoms with E-state index in [0.29, 0.717) is 12.2 Å². The lowest BCUT2D eigenvalue weighted by molar-refractivity contribution is 0.573. The van der Waals surface area contributed by atoms with E-state index >= 15 is 0 Å². The van der Waals surface area contributed by atoms with Crippen LogP contribution in [0, 0.1) is 0 Å². The summed E-state index contributed by atoms with van der Waals surface area (Å²) in [5, 5.41) is 3.26. The maximum atomic E-state index is 12.3. The molecule has 6 nitrogen and oxygen atoms in total. The quantitative estimate of drug-likeness (QED) is 0.855. The molecule has 0 aliphatic carbocycles. The summed E-state index contributed by atoms with van der Waals surface area (Å²) in [7, 11) is 1.51. The van der Waals surface area contributed by atoms with Gasteiger partial charge in [-0.05, 0) is 25.0 Å². The Kier molecular flexibility index (Phi) is 5.39. The number of nitrogens with zero attached hydrogens (tertiary/aromatic N) is 2. The minimum atomic E-state index is -0.338. The van der Waals surface area contributed by atoms with Crippen molar-refractivity contribution in [2.45, 2.75) is 45.2 Å². The Morgan fingerprint density at radius 2 is 2.19 bits per heavy atom. The van der Waals surface area contributed by atoms with Crippen molar-refractivity contribution in [3.05, 3.63) is 20.8 Å². The molecule has 0 amide bonds. The first-order valence-corrected chi connectivity index (χ1v) is 8.65. The first-order valence-electron chi connectivity index (χ1n) is 7.49. The number of nitrogens with two attached hydrogens (primary N) is 1. The third-order valence-corrected chi connectivity index (χ3v) is 5.04. The van der Waals surface area contributed by atoms with Crippen LogP contribution in [0.5, 0.6) is 0 Å². The Morgan fingerprint density at radius 3 is 2.81 bits per heavy atom. The Morgan fingerprint density at radius 1 is 1.43 bits per heavy atom. The van der Waals surface area contributed by atoms with Crippen LogP contribution in [0.3, 0.4) is 0 Å². The SMILES string of the molecule is CCCCn1c(N)c(NC2CCCSC2)c(=O)n(C)c1=O. The second kappa shape index (κ2) is 7.06. The van der Waals surface area contributed by atoms with Gasteiger partial charge in [-0.25, -0.2) is 4.79 Å². The third kappa shape index (κ3) is 3.45. The van der Waals surface area contributed by atoms with Crippen molar-refractivity contribution in [2.24, 2.45) is 7.05 Å². The zero-order valence-corrected chi connectivity index (χ0v) is 13.5. The van der Waals surface area contributed by atoms with Crippen LogP contribution in [-0.2, 0) is 13.6 Å². The zero-order valence-electron chi connectivity index (χ0n) is 12.7. The number of rotatable bonds is 5. The molecule has 1 fully saturated rings. The van der Waals surface area contributed by atoms with E-state index in [4.69, 9.17) is 5.73 Å². The molecule has 1 aromatic heterocycles. The average molecular weight is 312 g/mol. The fraction of sp³-hybridized carbons (Fsp3) is 0.714. The molecule has 1 aromatic rings. The molecule has 118 valence electrons. The first kappa shape index (κ1) is 16.0. The first-order chi connectivity index (χ1) is 10.1. The largest absolute Gasteiger partial charge is 0.383 e. The Hall–Kier alpha value is -1.37. The van der Waals surface area contributed by atoms with Gasteiger partial charge in [-0.1, -0.05) is 13.3 Å². The number of hydrogen-bond acceptors (Lipinski definition) is 5. The monoisotopic (exact) mass is 312 g/mol. The van der Waals surface area contributed by atoms with Gasteiger partial charge in [0.2, 0.25) is 0 Å². The minimum absolute atomic E-state index is 0.246. The van der Waals surface area contributed by atoms with E-state index in [0.717, 1.165) is 36.0 Å². The molecule has 1 aliphatic rings. The van der Waals surface area contributed by atoms with Crippen molar-refractivity contribution >= 4 is 23.3 Å². The van der Waals surface area contributed by atoms with Crippen LogP contribution in [0.2, 0.25) is 0 Å². The van der Waals surface area contributed by atoms with Gasteiger partial charge in [0.1, 0.15) is 11.5 Å². The average Bonchev–Trinajstić information content (AvgIpc) is 2.51. The van der Waals surface area contributed by atoms with Gasteiger partial charge in [-0.2, -0.15) is 11.8 Å². The molecule has 0 aromatic carbocycles. The van der Waals surface area contributed by atoms with Crippen molar-refractivity contribution in [3.63, 3.8) is 0 Å². The summed E-state index contributed by atoms with van der Waals surface area (Å²) in [4.78, 5) is 24.5. The molecule has 1 aliphatic heterocycles. The van der Waals surface area contributed by atoms with Gasteiger partial charge in [0.15, 0.2) is 0 Å². The standard InChI is InChI=1S/C14H24N4O2S/c1-3-4-7-18-12(15)11(13(19)17(2)14(18)20)16-10-6-5-8-21-9-10/h10,16H,3-9,15H2,1-2H3. The highest BCUT2D eigenvalue weighted by Crippen LogP contribution is 2.21. The van der Waals surface area contributed by atoms with Crippen LogP contribution in [0.4, 0.5) is 11.5 Å². The highest BCUT2D eigenvalue weighted by Gasteiger charge is 2.20. The number of nitrogens with one attached hydrogen (secondary N) is 1. The molecular formula is C14H24N4O2S. The van der Waals surface area contributed by atoms with E-state index in [1.807, 2.05) is 11.8 Å². The number of thioether (sulfide) groups is 1. The fourth-order valence-electron chi connectivity index (χ4n) is 2.51. The van der Waals surface area contributed by atoms with E-state index in [1.165, 1.54) is 17.4 Å². The molecule has 1 saturated heterocycles. The summed E-state index contributed by atoms with van der Waals surface area (Å²) >= 11 is 1.88. The molecule has 7 heteroatoms. The van der Waals surface area contributed by atoms with Crippen molar-refractivity contribution in [1.29, 1.82) is 0 Å². The van der Waals surface area contributed by atoms with Crippen molar-refractivity contribution in [1.82, 2.24) is 9.13 Å². The summed E-state index contributed by atoms with van der Waals surface area (Å²) in [5.41, 5.74) is 5.80. The topological polar surface area (TPSA) is 82.0 Å². The summed E-state index contributed by atoms with van der Waals surface area (Å²) < 4.78 is 2.65. The predicted molar refractivity (Wildman–Crippen MR) is 89.2 cm³/mol. The smallest absolute Gasteiger partial charge is 0.332 e. The second-order valence-electron chi connectivity index (χ2n) is 5.47. The van der Waals surface area contributed by atoms with Crippen LogP contribution in [0.25, 0.3) is 0 Å². The van der Waals surface area contributed by atoms with Gasteiger partial charge < -0.3 is 11.1 Å². The van der Waals surface area contributed by atoms with Crippen LogP contribution in [-0.4, -0.2) is 26.7 Å². The second-order valence-corrected chi connectivity index (χ2v) is 6.62. The number of aromatic nitrogens is 2. The maximum Gasteiger partial charge on any atom is 0.332 e. The minimum Gasteiger partial charge on any atom is -0.383 e. The summed E-state index contributed by atoms with van der Waals surface area (Å²) in [6, 6.07) is 0.246. The lowest BCUT2D eigenvalue weighted by Gasteiger charge is -2.25. The molecule has 2 heterocycles. The normalized spacial score (nSPS) is 18.7. The van der Waals surface area contributed by atoms with E-state index in [1.54, 1.807) is 0 Å². The Labute approximate surface area is 128 Å². The van der Waals surface area contributed by atoms with Crippen LogP contribution in [0.1, 0.15) is 32.6 Å². The molecule has 0 bridgehead atoms. The van der Waals surface area contributed by atoms with Gasteiger partial charge >= 0.3 is 5.69 Å². The summed E-state index contributed by atoms with van der Waals surface area (Å²) in [6.45, 7) is 2.60. The van der Waals surface area contributed by atoms with Crippen LogP contribution >= 0.6 is 11.8 Å². The summed E-state index contributed by atoms with van der Waals surface area (Å²) in [5.74, 6) is 2.41. The van der Waals surface area contributed by atoms with E-state index in [9.17, 15) is 9.59 Å². The number of unbranched alkanes of at least 4 members (excludes halogenated alkanes) is 1. The van der Waals surface area contributed by atoms with Gasteiger partial charge in [-0.3, -0.25) is 13.9 Å². The number of nitrogen functional groups attached to an aromatic ring is 1. The van der Waals surface area contributed by atoms with Crippen LogP contribution < -0.4 is 22.3 Å². The van der Waals surface area contributed by atoms with Crippen molar-refractivity contribution < 1.29 is 0 Å². The molecule has 0 saturated carbocycles. The fourth-order valence-corrected chi connectivity index (χ4v) is 3.58. The van der Waals surface area contributed by atoms with Crippen molar-refractivity contribution in [2.75, 3.05) is 22.6 Å². The third-order valence-electron chi connectivity index (χ3n) is 3.83. The predicted octanol–water partition coefficient (Wildman–Crippen LogP) is 1.24. The number of hydrogen-bond donors (Lipinski definition) is 2. The van der Waals surface area contributed by atoms with Gasteiger partial charge in [0, 0.05) is 25.4 Å². The maximum absolute atomic E-state index is 12.3. The van der Waals surface area contributed by atoms with E-state index in [2.05, 4.69) is 12.2 Å². The Bertz CT molecular complexity index is 602. The summed E-state index contributed by atoms with van der Waals surface area (Å²) in [6.07, 6.45) is 4.00. The lowest BCUT2D eigenvalue weighted by atomic mass is 10.2. The van der Waals surface area contributed by atoms with Gasteiger partial charge in [0.05, 0.1) is 0 Å². The molecule has 0 radical (unpaired) electrons.